The second-order valence-electron chi connectivity index (χ2n) is 2.45. The molecule has 0 spiro atoms. The molecule has 0 atom stereocenters. The SMILES string of the molecule is CNC(=O)COCC(=O)N(C)C. The zero-order valence-corrected chi connectivity index (χ0v) is 7.59. The molecular formula is C7H14N2O3. The van der Waals surface area contributed by atoms with Gasteiger partial charge in [0.1, 0.15) is 13.2 Å². The molecule has 12 heavy (non-hydrogen) atoms. The molecule has 0 aromatic carbocycles. The van der Waals surface area contributed by atoms with E-state index in [4.69, 9.17) is 4.74 Å². The van der Waals surface area contributed by atoms with Crippen molar-refractivity contribution in [1.29, 1.82) is 0 Å². The quantitative estimate of drug-likeness (QED) is 0.584. The normalized spacial score (nSPS) is 9.25. The van der Waals surface area contributed by atoms with Gasteiger partial charge in [-0.1, -0.05) is 0 Å². The van der Waals surface area contributed by atoms with Crippen LogP contribution in [0.25, 0.3) is 0 Å². The predicted octanol–water partition coefficient (Wildman–Crippen LogP) is -1.16. The number of amides is 2. The van der Waals surface area contributed by atoms with Crippen molar-refractivity contribution in [3.05, 3.63) is 0 Å². The summed E-state index contributed by atoms with van der Waals surface area (Å²) in [5, 5.41) is 2.38. The number of nitrogens with zero attached hydrogens (tertiary/aromatic N) is 1. The number of likely N-dealkylation sites (N-methyl/N-ethyl adjacent to an activating group) is 2. The fourth-order valence-electron chi connectivity index (χ4n) is 0.432. The van der Waals surface area contributed by atoms with Crippen molar-refractivity contribution < 1.29 is 14.3 Å². The first kappa shape index (κ1) is 10.9. The number of nitrogens with one attached hydrogen (secondary N) is 1. The summed E-state index contributed by atoms with van der Waals surface area (Å²) >= 11 is 0. The summed E-state index contributed by atoms with van der Waals surface area (Å²) in [6.45, 7) is -0.128. The van der Waals surface area contributed by atoms with E-state index in [0.29, 0.717) is 0 Å². The van der Waals surface area contributed by atoms with E-state index in [1.54, 1.807) is 14.1 Å². The van der Waals surface area contributed by atoms with E-state index >= 15 is 0 Å². The second-order valence-corrected chi connectivity index (χ2v) is 2.45. The molecule has 0 aliphatic heterocycles. The molecule has 0 saturated carbocycles. The van der Waals surface area contributed by atoms with E-state index in [0.717, 1.165) is 0 Å². The van der Waals surface area contributed by atoms with Gasteiger partial charge in [0.25, 0.3) is 0 Å². The Balaban J connectivity index is 3.44. The molecule has 0 bridgehead atoms. The largest absolute Gasteiger partial charge is 0.362 e. The van der Waals surface area contributed by atoms with E-state index in [2.05, 4.69) is 5.32 Å². The Hall–Kier alpha value is -1.10. The number of carbonyl (C=O) groups excluding carboxylic acids is 2. The molecule has 1 N–H and O–H groups in total. The van der Waals surface area contributed by atoms with Gasteiger partial charge in [0.05, 0.1) is 0 Å². The maximum absolute atomic E-state index is 10.9. The zero-order valence-electron chi connectivity index (χ0n) is 7.59. The Labute approximate surface area is 71.7 Å². The highest BCUT2D eigenvalue weighted by Crippen LogP contribution is 1.81. The Bertz CT molecular complexity index is 168. The Morgan fingerprint density at radius 2 is 1.92 bits per heavy atom. The number of carbonyl (C=O) groups is 2. The van der Waals surface area contributed by atoms with Crippen molar-refractivity contribution >= 4 is 11.8 Å². The van der Waals surface area contributed by atoms with Crippen LogP contribution in [0.4, 0.5) is 0 Å². The summed E-state index contributed by atoms with van der Waals surface area (Å²) in [5.74, 6) is -0.388. The standard InChI is InChI=1S/C7H14N2O3/c1-8-6(10)4-12-5-7(11)9(2)3/h4-5H2,1-3H3,(H,8,10). The fraction of sp³-hybridized carbons (Fsp3) is 0.714. The maximum atomic E-state index is 10.9. The predicted molar refractivity (Wildman–Crippen MR) is 43.6 cm³/mol. The van der Waals surface area contributed by atoms with Gasteiger partial charge in [-0.25, -0.2) is 0 Å². The van der Waals surface area contributed by atoms with Crippen LogP contribution < -0.4 is 5.32 Å². The lowest BCUT2D eigenvalue weighted by atomic mass is 10.6. The van der Waals surface area contributed by atoms with Crippen molar-refractivity contribution in [2.45, 2.75) is 0 Å². The second kappa shape index (κ2) is 5.54. The summed E-state index contributed by atoms with van der Waals surface area (Å²) in [7, 11) is 4.77. The van der Waals surface area contributed by atoms with Gasteiger partial charge in [0.2, 0.25) is 11.8 Å². The third-order valence-electron chi connectivity index (χ3n) is 1.24. The van der Waals surface area contributed by atoms with E-state index in [-0.39, 0.29) is 25.0 Å². The molecule has 5 nitrogen and oxygen atoms in total. The lowest BCUT2D eigenvalue weighted by Crippen LogP contribution is -2.29. The van der Waals surface area contributed by atoms with Crippen LogP contribution in [0.3, 0.4) is 0 Å². The van der Waals surface area contributed by atoms with Gasteiger partial charge in [-0.3, -0.25) is 9.59 Å². The van der Waals surface area contributed by atoms with Gasteiger partial charge in [-0.05, 0) is 0 Å². The van der Waals surface area contributed by atoms with Crippen LogP contribution in [0.5, 0.6) is 0 Å². The van der Waals surface area contributed by atoms with Gasteiger partial charge < -0.3 is 15.0 Å². The average molecular weight is 174 g/mol. The Kier molecular flexibility index (Phi) is 5.03. The third-order valence-corrected chi connectivity index (χ3v) is 1.24. The topological polar surface area (TPSA) is 58.6 Å². The highest BCUT2D eigenvalue weighted by Gasteiger charge is 2.04. The fourth-order valence-corrected chi connectivity index (χ4v) is 0.432. The van der Waals surface area contributed by atoms with Crippen LogP contribution in [-0.4, -0.2) is 51.1 Å². The van der Waals surface area contributed by atoms with Gasteiger partial charge in [-0.2, -0.15) is 0 Å². The molecule has 0 aliphatic carbocycles. The zero-order chi connectivity index (χ0) is 9.56. The lowest BCUT2D eigenvalue weighted by molar-refractivity contribution is -0.136. The first-order valence-electron chi connectivity index (χ1n) is 3.56. The monoisotopic (exact) mass is 174 g/mol. The smallest absolute Gasteiger partial charge is 0.248 e. The Morgan fingerprint density at radius 3 is 2.33 bits per heavy atom. The molecule has 0 aromatic rings. The molecule has 0 radical (unpaired) electrons. The summed E-state index contributed by atoms with van der Waals surface area (Å²) in [4.78, 5) is 22.9. The Morgan fingerprint density at radius 1 is 1.33 bits per heavy atom. The lowest BCUT2D eigenvalue weighted by Gasteiger charge is -2.09. The number of ether oxygens (including phenoxy) is 1. The maximum Gasteiger partial charge on any atom is 0.248 e. The van der Waals surface area contributed by atoms with Gasteiger partial charge in [-0.15, -0.1) is 0 Å². The van der Waals surface area contributed by atoms with Crippen molar-refractivity contribution in [3.8, 4) is 0 Å². The van der Waals surface area contributed by atoms with Crippen LogP contribution in [0.1, 0.15) is 0 Å². The number of hydrogen-bond donors (Lipinski definition) is 1. The van der Waals surface area contributed by atoms with Crippen LogP contribution in [-0.2, 0) is 14.3 Å². The van der Waals surface area contributed by atoms with Crippen LogP contribution in [0.15, 0.2) is 0 Å². The van der Waals surface area contributed by atoms with E-state index in [1.165, 1.54) is 11.9 Å². The molecule has 0 fully saturated rings. The first-order valence-corrected chi connectivity index (χ1v) is 3.56. The van der Waals surface area contributed by atoms with E-state index in [1.807, 2.05) is 0 Å². The molecule has 70 valence electrons. The molecular weight excluding hydrogens is 160 g/mol. The highest BCUT2D eigenvalue weighted by atomic mass is 16.5. The molecule has 0 heterocycles. The van der Waals surface area contributed by atoms with Crippen LogP contribution in [0.2, 0.25) is 0 Å². The van der Waals surface area contributed by atoms with Crippen molar-refractivity contribution in [3.63, 3.8) is 0 Å². The minimum Gasteiger partial charge on any atom is -0.362 e. The molecule has 0 rings (SSSR count). The average Bonchev–Trinajstić information content (AvgIpc) is 2.03. The summed E-state index contributed by atoms with van der Waals surface area (Å²) in [6.07, 6.45) is 0. The molecule has 0 aromatic heterocycles. The molecule has 0 saturated heterocycles. The molecule has 5 heteroatoms. The molecule has 0 unspecified atom stereocenters. The summed E-state index contributed by atoms with van der Waals surface area (Å²) in [5.41, 5.74) is 0. The van der Waals surface area contributed by atoms with Crippen molar-refractivity contribution in [1.82, 2.24) is 10.2 Å². The van der Waals surface area contributed by atoms with Crippen LogP contribution >= 0.6 is 0 Å². The summed E-state index contributed by atoms with van der Waals surface area (Å²) < 4.78 is 4.81. The van der Waals surface area contributed by atoms with Crippen LogP contribution in [0, 0.1) is 0 Å². The van der Waals surface area contributed by atoms with Crippen molar-refractivity contribution in [2.24, 2.45) is 0 Å². The third kappa shape index (κ3) is 4.68. The highest BCUT2D eigenvalue weighted by molar-refractivity contribution is 5.79. The van der Waals surface area contributed by atoms with Gasteiger partial charge in [0.15, 0.2) is 0 Å². The first-order chi connectivity index (χ1) is 5.57. The van der Waals surface area contributed by atoms with Gasteiger partial charge >= 0.3 is 0 Å². The summed E-state index contributed by atoms with van der Waals surface area (Å²) in [6, 6.07) is 0. The molecule has 2 amide bonds. The van der Waals surface area contributed by atoms with Crippen molar-refractivity contribution in [2.75, 3.05) is 34.4 Å². The van der Waals surface area contributed by atoms with E-state index in [9.17, 15) is 9.59 Å². The molecule has 0 aliphatic rings. The number of rotatable bonds is 4. The number of hydrogen-bond acceptors (Lipinski definition) is 3. The van der Waals surface area contributed by atoms with E-state index < -0.39 is 0 Å². The minimum absolute atomic E-state index is 0.0551. The van der Waals surface area contributed by atoms with Gasteiger partial charge in [0, 0.05) is 21.1 Å². The minimum atomic E-state index is -0.235.